The molecule has 2 amide bonds. The van der Waals surface area contributed by atoms with Crippen LogP contribution in [0.15, 0.2) is 5.16 Å². The summed E-state index contributed by atoms with van der Waals surface area (Å²) in [5, 5.41) is 8.71. The second-order valence-corrected chi connectivity index (χ2v) is 4.04. The number of rotatable bonds is 12. The molecule has 0 aromatic rings. The number of ether oxygens (including phenoxy) is 1. The first kappa shape index (κ1) is 18.4. The van der Waals surface area contributed by atoms with Gasteiger partial charge in [0.25, 0.3) is 5.91 Å². The average Bonchev–Trinajstić information content (AvgIpc) is 2.46. The predicted molar refractivity (Wildman–Crippen MR) is 76.5 cm³/mol. The summed E-state index contributed by atoms with van der Waals surface area (Å²) in [4.78, 5) is 27.0. The number of nitrogens with one attached hydrogen (secondary N) is 2. The zero-order chi connectivity index (χ0) is 15.1. The van der Waals surface area contributed by atoms with E-state index in [-0.39, 0.29) is 11.8 Å². The van der Waals surface area contributed by atoms with Gasteiger partial charge in [0.15, 0.2) is 0 Å². The summed E-state index contributed by atoms with van der Waals surface area (Å²) >= 11 is 0. The van der Waals surface area contributed by atoms with E-state index in [9.17, 15) is 9.59 Å². The highest BCUT2D eigenvalue weighted by molar-refractivity contribution is 6.25. The number of nitrogens with zero attached hydrogens (tertiary/aromatic N) is 1. The van der Waals surface area contributed by atoms with Crippen molar-refractivity contribution in [2.75, 3.05) is 33.4 Å². The van der Waals surface area contributed by atoms with E-state index in [1.54, 1.807) is 0 Å². The Morgan fingerprint density at radius 3 is 2.70 bits per heavy atom. The second-order valence-electron chi connectivity index (χ2n) is 4.04. The van der Waals surface area contributed by atoms with Gasteiger partial charge in [0, 0.05) is 33.2 Å². The van der Waals surface area contributed by atoms with Gasteiger partial charge in [0.1, 0.15) is 12.8 Å². The van der Waals surface area contributed by atoms with Crippen molar-refractivity contribution in [2.45, 2.75) is 32.6 Å². The van der Waals surface area contributed by atoms with Gasteiger partial charge < -0.3 is 20.2 Å². The third kappa shape index (κ3) is 12.8. The van der Waals surface area contributed by atoms with E-state index in [4.69, 9.17) is 9.57 Å². The van der Waals surface area contributed by atoms with Crippen LogP contribution in [0.25, 0.3) is 0 Å². The number of hydrogen-bond acceptors (Lipinski definition) is 5. The molecule has 0 spiro atoms. The van der Waals surface area contributed by atoms with Crippen molar-refractivity contribution in [3.05, 3.63) is 0 Å². The van der Waals surface area contributed by atoms with E-state index in [0.29, 0.717) is 32.8 Å². The minimum absolute atomic E-state index is 0.0447. The van der Waals surface area contributed by atoms with Crippen molar-refractivity contribution in [3.8, 4) is 0 Å². The third-order valence-electron chi connectivity index (χ3n) is 2.37. The molecule has 0 fully saturated rings. The zero-order valence-corrected chi connectivity index (χ0v) is 12.3. The van der Waals surface area contributed by atoms with Crippen LogP contribution in [0.5, 0.6) is 0 Å². The number of unbranched alkanes of at least 4 members (excludes halogenated alkanes) is 1. The van der Waals surface area contributed by atoms with E-state index >= 15 is 0 Å². The average molecular weight is 287 g/mol. The minimum Gasteiger partial charge on any atom is -0.396 e. The second kappa shape index (κ2) is 13.8. The highest BCUT2D eigenvalue weighted by atomic mass is 16.6. The van der Waals surface area contributed by atoms with Crippen molar-refractivity contribution >= 4 is 18.0 Å². The molecule has 0 aliphatic carbocycles. The molecule has 0 heterocycles. The first-order valence-corrected chi connectivity index (χ1v) is 6.92. The van der Waals surface area contributed by atoms with Crippen LogP contribution >= 0.6 is 0 Å². The fraction of sp³-hybridized carbons (Fsp3) is 0.769. The lowest BCUT2D eigenvalue weighted by Gasteiger charge is -2.05. The molecule has 0 saturated heterocycles. The molecule has 0 radical (unpaired) electrons. The Labute approximate surface area is 120 Å². The standard InChI is InChI=1S/C13H25N3O4/c1-3-19-9-6-7-12(17)15-8-4-5-10-20-16-11-13(18)14-2/h11H,3-10H2,1-2H3,(H,14,18)(H,15,17)/b16-11+. The lowest BCUT2D eigenvalue weighted by atomic mass is 10.3. The molecule has 0 rings (SSSR count). The maximum absolute atomic E-state index is 11.4. The third-order valence-corrected chi connectivity index (χ3v) is 2.37. The van der Waals surface area contributed by atoms with E-state index in [0.717, 1.165) is 25.5 Å². The number of carbonyl (C=O) groups excluding carboxylic acids is 2. The Morgan fingerprint density at radius 1 is 1.20 bits per heavy atom. The fourth-order valence-corrected chi connectivity index (χ4v) is 1.29. The molecule has 0 aliphatic heterocycles. The van der Waals surface area contributed by atoms with E-state index in [1.807, 2.05) is 6.92 Å². The normalized spacial score (nSPS) is 10.5. The van der Waals surface area contributed by atoms with Gasteiger partial charge in [-0.2, -0.15) is 0 Å². The zero-order valence-electron chi connectivity index (χ0n) is 12.3. The summed E-state index contributed by atoms with van der Waals surface area (Å²) in [6, 6.07) is 0. The molecule has 0 aromatic heterocycles. The molecule has 20 heavy (non-hydrogen) atoms. The largest absolute Gasteiger partial charge is 0.396 e. The van der Waals surface area contributed by atoms with Crippen molar-refractivity contribution in [2.24, 2.45) is 5.16 Å². The lowest BCUT2D eigenvalue weighted by Crippen LogP contribution is -2.24. The molecular formula is C13H25N3O4. The SMILES string of the molecule is CCOCCCC(=O)NCCCCO/N=C/C(=O)NC. The van der Waals surface area contributed by atoms with E-state index in [2.05, 4.69) is 15.8 Å². The highest BCUT2D eigenvalue weighted by Crippen LogP contribution is 1.92. The van der Waals surface area contributed by atoms with Gasteiger partial charge in [-0.15, -0.1) is 0 Å². The Bertz CT molecular complexity index is 295. The molecule has 116 valence electrons. The van der Waals surface area contributed by atoms with Crippen molar-refractivity contribution in [3.63, 3.8) is 0 Å². The van der Waals surface area contributed by atoms with Crippen molar-refractivity contribution < 1.29 is 19.2 Å². The molecule has 0 bridgehead atoms. The maximum Gasteiger partial charge on any atom is 0.265 e. The number of oxime groups is 1. The molecule has 0 aliphatic rings. The first-order chi connectivity index (χ1) is 9.70. The maximum atomic E-state index is 11.4. The molecule has 2 N–H and O–H groups in total. The van der Waals surface area contributed by atoms with Crippen LogP contribution in [0.2, 0.25) is 0 Å². The van der Waals surface area contributed by atoms with Crippen LogP contribution in [-0.2, 0) is 19.2 Å². The Balaban J connectivity index is 3.29. The Kier molecular flexibility index (Phi) is 12.7. The molecular weight excluding hydrogens is 262 g/mol. The number of amides is 2. The van der Waals surface area contributed by atoms with Crippen molar-refractivity contribution in [1.82, 2.24) is 10.6 Å². The molecule has 0 aromatic carbocycles. The summed E-state index contributed by atoms with van der Waals surface area (Å²) < 4.78 is 5.15. The van der Waals surface area contributed by atoms with Crippen LogP contribution in [0, 0.1) is 0 Å². The van der Waals surface area contributed by atoms with Crippen LogP contribution in [0.1, 0.15) is 32.6 Å². The van der Waals surface area contributed by atoms with Crippen molar-refractivity contribution in [1.29, 1.82) is 0 Å². The Morgan fingerprint density at radius 2 is 2.00 bits per heavy atom. The first-order valence-electron chi connectivity index (χ1n) is 6.92. The van der Waals surface area contributed by atoms with Gasteiger partial charge >= 0.3 is 0 Å². The Hall–Kier alpha value is -1.63. The van der Waals surface area contributed by atoms with Gasteiger partial charge in [0.05, 0.1) is 0 Å². The summed E-state index contributed by atoms with van der Waals surface area (Å²) in [6.07, 6.45) is 3.90. The van der Waals surface area contributed by atoms with Crippen LogP contribution < -0.4 is 10.6 Å². The summed E-state index contributed by atoms with van der Waals surface area (Å²) in [5.74, 6) is -0.257. The van der Waals surface area contributed by atoms with Crippen LogP contribution in [0.4, 0.5) is 0 Å². The smallest absolute Gasteiger partial charge is 0.265 e. The van der Waals surface area contributed by atoms with Gasteiger partial charge in [-0.25, -0.2) is 0 Å². The summed E-state index contributed by atoms with van der Waals surface area (Å²) in [7, 11) is 1.52. The number of carbonyl (C=O) groups is 2. The monoisotopic (exact) mass is 287 g/mol. The minimum atomic E-state index is -0.302. The lowest BCUT2D eigenvalue weighted by molar-refractivity contribution is -0.121. The summed E-state index contributed by atoms with van der Waals surface area (Å²) in [6.45, 7) is 4.29. The van der Waals surface area contributed by atoms with E-state index < -0.39 is 0 Å². The molecule has 7 nitrogen and oxygen atoms in total. The van der Waals surface area contributed by atoms with Gasteiger partial charge in [-0.3, -0.25) is 9.59 Å². The van der Waals surface area contributed by atoms with Gasteiger partial charge in [-0.05, 0) is 26.2 Å². The number of hydrogen-bond donors (Lipinski definition) is 2. The fourth-order valence-electron chi connectivity index (χ4n) is 1.29. The summed E-state index contributed by atoms with van der Waals surface area (Å²) in [5.41, 5.74) is 0. The highest BCUT2D eigenvalue weighted by Gasteiger charge is 2.00. The van der Waals surface area contributed by atoms with E-state index in [1.165, 1.54) is 7.05 Å². The molecule has 0 saturated carbocycles. The molecule has 7 heteroatoms. The van der Waals surface area contributed by atoms with Crippen LogP contribution in [0.3, 0.4) is 0 Å². The quantitative estimate of drug-likeness (QED) is 0.310. The van der Waals surface area contributed by atoms with Gasteiger partial charge in [0.2, 0.25) is 5.91 Å². The topological polar surface area (TPSA) is 89.0 Å². The molecule has 0 atom stereocenters. The molecule has 0 unspecified atom stereocenters. The van der Waals surface area contributed by atoms with Crippen LogP contribution in [-0.4, -0.2) is 51.4 Å². The predicted octanol–water partition coefficient (Wildman–Crippen LogP) is 0.448. The van der Waals surface area contributed by atoms with Gasteiger partial charge in [-0.1, -0.05) is 5.16 Å².